The Morgan fingerprint density at radius 3 is 2.68 bits per heavy atom. The number of hydrogen-bond acceptors (Lipinski definition) is 4. The van der Waals surface area contributed by atoms with Gasteiger partial charge >= 0.3 is 0 Å². The third-order valence-corrected chi connectivity index (χ3v) is 6.06. The molecule has 2 unspecified atom stereocenters. The molecule has 0 spiro atoms. The first-order valence-corrected chi connectivity index (χ1v) is 10.2. The minimum absolute atomic E-state index is 0.0491. The number of piperidine rings is 1. The van der Waals surface area contributed by atoms with E-state index in [1.54, 1.807) is 4.90 Å². The lowest BCUT2D eigenvalue weighted by Crippen LogP contribution is -2.58. The van der Waals surface area contributed by atoms with Crippen molar-refractivity contribution in [2.24, 2.45) is 5.92 Å². The minimum Gasteiger partial charge on any atom is -0.340 e. The summed E-state index contributed by atoms with van der Waals surface area (Å²) in [5.41, 5.74) is 1.08. The van der Waals surface area contributed by atoms with E-state index in [2.05, 4.69) is 5.32 Å². The Kier molecular flexibility index (Phi) is 5.62. The molecule has 3 amide bonds. The molecule has 150 valence electrons. The van der Waals surface area contributed by atoms with E-state index in [0.717, 1.165) is 31.5 Å². The molecule has 2 atom stereocenters. The molecule has 7 heteroatoms. The van der Waals surface area contributed by atoms with Gasteiger partial charge in [-0.25, -0.2) is 0 Å². The van der Waals surface area contributed by atoms with Crippen molar-refractivity contribution < 1.29 is 14.4 Å². The normalized spacial score (nSPS) is 26.1. The Hall–Kier alpha value is -2.41. The SMILES string of the molecule is O=C1CC(C(=O)N2CCCC(N3CCNCC3=O)C2)CN1Cc1ccccc1. The fourth-order valence-electron chi connectivity index (χ4n) is 4.57. The van der Waals surface area contributed by atoms with Crippen LogP contribution >= 0.6 is 0 Å². The topological polar surface area (TPSA) is 73.0 Å². The lowest BCUT2D eigenvalue weighted by Gasteiger charge is -2.41. The largest absolute Gasteiger partial charge is 0.340 e. The number of benzene rings is 1. The van der Waals surface area contributed by atoms with Gasteiger partial charge in [-0.2, -0.15) is 0 Å². The number of likely N-dealkylation sites (tertiary alicyclic amines) is 2. The second kappa shape index (κ2) is 8.31. The third-order valence-electron chi connectivity index (χ3n) is 6.06. The first-order chi connectivity index (χ1) is 13.6. The molecule has 0 aromatic heterocycles. The van der Waals surface area contributed by atoms with E-state index in [-0.39, 0.29) is 29.7 Å². The number of hydrogen-bond donors (Lipinski definition) is 1. The van der Waals surface area contributed by atoms with Crippen molar-refractivity contribution in [3.8, 4) is 0 Å². The Morgan fingerprint density at radius 2 is 1.89 bits per heavy atom. The molecule has 0 aliphatic carbocycles. The Bertz CT molecular complexity index is 738. The van der Waals surface area contributed by atoms with Crippen molar-refractivity contribution in [3.63, 3.8) is 0 Å². The van der Waals surface area contributed by atoms with Gasteiger partial charge in [-0.3, -0.25) is 14.4 Å². The van der Waals surface area contributed by atoms with Gasteiger partial charge in [0.05, 0.1) is 12.5 Å². The second-order valence-electron chi connectivity index (χ2n) is 8.01. The summed E-state index contributed by atoms with van der Waals surface area (Å²) in [5.74, 6) is -0.0337. The molecule has 1 aromatic rings. The van der Waals surface area contributed by atoms with E-state index in [9.17, 15) is 14.4 Å². The predicted octanol–water partition coefficient (Wildman–Crippen LogP) is 0.458. The smallest absolute Gasteiger partial charge is 0.236 e. The minimum atomic E-state index is -0.270. The van der Waals surface area contributed by atoms with Crippen LogP contribution in [0.25, 0.3) is 0 Å². The number of nitrogens with one attached hydrogen (secondary N) is 1. The maximum atomic E-state index is 13.1. The Labute approximate surface area is 165 Å². The summed E-state index contributed by atoms with van der Waals surface area (Å²) in [5, 5.41) is 3.10. The van der Waals surface area contributed by atoms with E-state index in [1.807, 2.05) is 40.1 Å². The maximum Gasteiger partial charge on any atom is 0.236 e. The third kappa shape index (κ3) is 4.04. The zero-order valence-electron chi connectivity index (χ0n) is 16.2. The predicted molar refractivity (Wildman–Crippen MR) is 104 cm³/mol. The van der Waals surface area contributed by atoms with Crippen molar-refractivity contribution in [2.45, 2.75) is 31.8 Å². The van der Waals surface area contributed by atoms with Gasteiger partial charge in [0.1, 0.15) is 0 Å². The highest BCUT2D eigenvalue weighted by molar-refractivity contribution is 5.89. The van der Waals surface area contributed by atoms with Gasteiger partial charge in [0, 0.05) is 51.7 Å². The molecule has 7 nitrogen and oxygen atoms in total. The molecule has 0 bridgehead atoms. The molecule has 3 fully saturated rings. The van der Waals surface area contributed by atoms with Crippen LogP contribution in [0.4, 0.5) is 0 Å². The van der Waals surface area contributed by atoms with Crippen molar-refractivity contribution in [1.82, 2.24) is 20.0 Å². The molecule has 1 aromatic carbocycles. The van der Waals surface area contributed by atoms with Crippen molar-refractivity contribution in [3.05, 3.63) is 35.9 Å². The fourth-order valence-corrected chi connectivity index (χ4v) is 4.57. The first-order valence-electron chi connectivity index (χ1n) is 10.2. The molecule has 0 saturated carbocycles. The maximum absolute atomic E-state index is 13.1. The number of carbonyl (C=O) groups is 3. The molecular formula is C21H28N4O3. The van der Waals surface area contributed by atoms with E-state index >= 15 is 0 Å². The summed E-state index contributed by atoms with van der Waals surface area (Å²) in [6.07, 6.45) is 2.14. The highest BCUT2D eigenvalue weighted by Crippen LogP contribution is 2.25. The highest BCUT2D eigenvalue weighted by Gasteiger charge is 2.39. The molecule has 3 aliphatic heterocycles. The first kappa shape index (κ1) is 18.9. The molecule has 1 N–H and O–H groups in total. The van der Waals surface area contributed by atoms with E-state index in [1.165, 1.54) is 0 Å². The van der Waals surface area contributed by atoms with Crippen LogP contribution in [0.15, 0.2) is 30.3 Å². The van der Waals surface area contributed by atoms with E-state index in [0.29, 0.717) is 39.1 Å². The quantitative estimate of drug-likeness (QED) is 0.819. The van der Waals surface area contributed by atoms with Gasteiger partial charge in [-0.15, -0.1) is 0 Å². The fraction of sp³-hybridized carbons (Fsp3) is 0.571. The molecule has 28 heavy (non-hydrogen) atoms. The average Bonchev–Trinajstić information content (AvgIpc) is 3.09. The Balaban J connectivity index is 1.36. The standard InChI is InChI=1S/C21H28N4O3/c26-19-11-17(14-24(19)13-16-5-2-1-3-6-16)21(28)23-9-4-7-18(15-23)25-10-8-22-12-20(25)27/h1-3,5-6,17-18,22H,4,7-15H2. The van der Waals surface area contributed by atoms with Gasteiger partial charge in [0.15, 0.2) is 0 Å². The summed E-state index contributed by atoms with van der Waals surface area (Å²) in [7, 11) is 0. The molecule has 3 saturated heterocycles. The van der Waals surface area contributed by atoms with Crippen LogP contribution in [0, 0.1) is 5.92 Å². The number of carbonyl (C=O) groups excluding carboxylic acids is 3. The van der Waals surface area contributed by atoms with Crippen molar-refractivity contribution >= 4 is 17.7 Å². The molecule has 3 heterocycles. The van der Waals surface area contributed by atoms with Crippen LogP contribution in [0.5, 0.6) is 0 Å². The lowest BCUT2D eigenvalue weighted by atomic mass is 10.00. The number of piperazine rings is 1. The summed E-state index contributed by atoms with van der Waals surface area (Å²) in [6, 6.07) is 9.99. The van der Waals surface area contributed by atoms with Crippen molar-refractivity contribution in [1.29, 1.82) is 0 Å². The monoisotopic (exact) mass is 384 g/mol. The van der Waals surface area contributed by atoms with Gasteiger partial charge in [-0.1, -0.05) is 30.3 Å². The van der Waals surface area contributed by atoms with Crippen LogP contribution in [0.3, 0.4) is 0 Å². The number of rotatable bonds is 4. The van der Waals surface area contributed by atoms with Crippen LogP contribution in [0.2, 0.25) is 0 Å². The van der Waals surface area contributed by atoms with Gasteiger partial charge in [0.25, 0.3) is 0 Å². The second-order valence-corrected chi connectivity index (χ2v) is 8.01. The van der Waals surface area contributed by atoms with E-state index in [4.69, 9.17) is 0 Å². The van der Waals surface area contributed by atoms with Gasteiger partial charge < -0.3 is 20.0 Å². The number of nitrogens with zero attached hydrogens (tertiary/aromatic N) is 3. The van der Waals surface area contributed by atoms with Crippen molar-refractivity contribution in [2.75, 3.05) is 39.3 Å². The summed E-state index contributed by atoms with van der Waals surface area (Å²) >= 11 is 0. The highest BCUT2D eigenvalue weighted by atomic mass is 16.2. The summed E-state index contributed by atoms with van der Waals surface area (Å²) < 4.78 is 0. The zero-order valence-corrected chi connectivity index (χ0v) is 16.2. The molecule has 0 radical (unpaired) electrons. The van der Waals surface area contributed by atoms with Crippen LogP contribution < -0.4 is 5.32 Å². The summed E-state index contributed by atoms with van der Waals surface area (Å²) in [6.45, 7) is 4.25. The number of amides is 3. The molecule has 4 rings (SSSR count). The molecule has 3 aliphatic rings. The van der Waals surface area contributed by atoms with Gasteiger partial charge in [0.2, 0.25) is 17.7 Å². The zero-order chi connectivity index (χ0) is 19.5. The lowest BCUT2D eigenvalue weighted by molar-refractivity contribution is -0.142. The molecular weight excluding hydrogens is 356 g/mol. The Morgan fingerprint density at radius 1 is 1.07 bits per heavy atom. The van der Waals surface area contributed by atoms with Crippen LogP contribution in [0.1, 0.15) is 24.8 Å². The van der Waals surface area contributed by atoms with E-state index < -0.39 is 0 Å². The van der Waals surface area contributed by atoms with Crippen LogP contribution in [-0.4, -0.2) is 77.7 Å². The summed E-state index contributed by atoms with van der Waals surface area (Å²) in [4.78, 5) is 43.3. The van der Waals surface area contributed by atoms with Gasteiger partial charge in [-0.05, 0) is 18.4 Å². The van der Waals surface area contributed by atoms with Crippen LogP contribution in [-0.2, 0) is 20.9 Å². The average molecular weight is 384 g/mol.